The van der Waals surface area contributed by atoms with Crippen molar-refractivity contribution in [1.29, 1.82) is 0 Å². The fourth-order valence-electron chi connectivity index (χ4n) is 5.92. The molecular formula is C27H35N5O3. The first-order chi connectivity index (χ1) is 17.0. The molecule has 0 radical (unpaired) electrons. The average molecular weight is 478 g/mol. The van der Waals surface area contributed by atoms with Gasteiger partial charge in [-0.05, 0) is 82.8 Å². The molecule has 8 heteroatoms. The van der Waals surface area contributed by atoms with Crippen molar-refractivity contribution in [2.75, 3.05) is 25.1 Å². The van der Waals surface area contributed by atoms with Crippen molar-refractivity contribution >= 4 is 17.6 Å². The van der Waals surface area contributed by atoms with E-state index in [1.807, 2.05) is 37.3 Å². The first-order valence-electron chi connectivity index (χ1n) is 12.7. The first-order valence-corrected chi connectivity index (χ1v) is 12.7. The summed E-state index contributed by atoms with van der Waals surface area (Å²) in [5.74, 6) is 1.56. The predicted molar refractivity (Wildman–Crippen MR) is 135 cm³/mol. The van der Waals surface area contributed by atoms with E-state index in [4.69, 9.17) is 4.74 Å². The van der Waals surface area contributed by atoms with Crippen molar-refractivity contribution in [3.05, 3.63) is 53.2 Å². The number of carbonyl (C=O) groups excluding carboxylic acids is 2. The number of piperidine rings is 2. The number of amides is 2. The van der Waals surface area contributed by atoms with Crippen LogP contribution in [0.2, 0.25) is 0 Å². The van der Waals surface area contributed by atoms with Crippen LogP contribution >= 0.6 is 0 Å². The second-order valence-corrected chi connectivity index (χ2v) is 9.97. The highest BCUT2D eigenvalue weighted by atomic mass is 16.5. The van der Waals surface area contributed by atoms with Crippen molar-refractivity contribution < 1.29 is 14.3 Å². The van der Waals surface area contributed by atoms with Crippen LogP contribution in [0.1, 0.15) is 64.8 Å². The quantitative estimate of drug-likeness (QED) is 0.592. The Hall–Kier alpha value is -3.13. The molecule has 0 aliphatic carbocycles. The number of carbonyl (C=O) groups is 2. The van der Waals surface area contributed by atoms with Gasteiger partial charge in [-0.15, -0.1) is 0 Å². The molecule has 3 aliphatic rings. The van der Waals surface area contributed by atoms with E-state index in [-0.39, 0.29) is 23.9 Å². The fourth-order valence-corrected chi connectivity index (χ4v) is 5.92. The molecule has 2 aromatic rings. The minimum Gasteiger partial charge on any atom is -0.496 e. The van der Waals surface area contributed by atoms with Crippen LogP contribution in [-0.2, 0) is 0 Å². The van der Waals surface area contributed by atoms with Gasteiger partial charge in [0.2, 0.25) is 0 Å². The van der Waals surface area contributed by atoms with Gasteiger partial charge in [0.15, 0.2) is 0 Å². The van der Waals surface area contributed by atoms with E-state index in [1.54, 1.807) is 13.3 Å². The Morgan fingerprint density at radius 2 is 1.69 bits per heavy atom. The molecule has 3 fully saturated rings. The Labute approximate surface area is 206 Å². The highest BCUT2D eigenvalue weighted by Crippen LogP contribution is 2.38. The minimum absolute atomic E-state index is 0.0403. The summed E-state index contributed by atoms with van der Waals surface area (Å²) < 4.78 is 5.37. The summed E-state index contributed by atoms with van der Waals surface area (Å²) in [6.45, 7) is 3.81. The van der Waals surface area contributed by atoms with Gasteiger partial charge in [-0.3, -0.25) is 9.59 Å². The zero-order valence-corrected chi connectivity index (χ0v) is 20.5. The van der Waals surface area contributed by atoms with Crippen LogP contribution in [0.5, 0.6) is 5.75 Å². The Morgan fingerprint density at radius 1 is 0.971 bits per heavy atom. The molecule has 1 unspecified atom stereocenters. The second kappa shape index (κ2) is 10.2. The number of pyridine rings is 1. The molecule has 2 amide bonds. The smallest absolute Gasteiger partial charge is 0.253 e. The number of aromatic nitrogens is 1. The molecule has 5 rings (SSSR count). The zero-order chi connectivity index (χ0) is 24.4. The molecule has 0 saturated carbocycles. The molecule has 35 heavy (non-hydrogen) atoms. The SMILES string of the molecule is COc1cccc(C(=O)NC2C[C@H]3CC[C@@H](C2)N3c2ccc(C(=O)NC3CCNCC3)cn2)c1C. The zero-order valence-electron chi connectivity index (χ0n) is 20.5. The van der Waals surface area contributed by atoms with E-state index in [0.717, 1.165) is 68.7 Å². The fraction of sp³-hybridized carbons (Fsp3) is 0.519. The molecule has 2 bridgehead atoms. The Balaban J connectivity index is 1.20. The summed E-state index contributed by atoms with van der Waals surface area (Å²) in [4.78, 5) is 32.7. The van der Waals surface area contributed by atoms with Crippen molar-refractivity contribution in [2.45, 2.75) is 69.6 Å². The topological polar surface area (TPSA) is 95.6 Å². The number of rotatable bonds is 6. The summed E-state index contributed by atoms with van der Waals surface area (Å²) in [6.07, 6.45) is 7.59. The number of hydrogen-bond acceptors (Lipinski definition) is 6. The van der Waals surface area contributed by atoms with Gasteiger partial charge < -0.3 is 25.6 Å². The maximum absolute atomic E-state index is 13.0. The number of hydrogen-bond donors (Lipinski definition) is 3. The standard InChI is InChI=1S/C27H35N5O3/c1-17-23(4-3-5-24(17)35-2)27(34)31-20-14-21-7-8-22(15-20)32(21)25-9-6-18(16-29-25)26(33)30-19-10-12-28-13-11-19/h3-6,9,16,19-22,28H,7-8,10-15H2,1-2H3,(H,30,33)(H,31,34)/t20?,21-,22+. The van der Waals surface area contributed by atoms with E-state index in [1.165, 1.54) is 0 Å². The van der Waals surface area contributed by atoms with Crippen LogP contribution in [0.25, 0.3) is 0 Å². The lowest BCUT2D eigenvalue weighted by Gasteiger charge is -2.40. The molecule has 4 heterocycles. The summed E-state index contributed by atoms with van der Waals surface area (Å²) in [5.41, 5.74) is 2.14. The van der Waals surface area contributed by atoms with Gasteiger partial charge in [-0.25, -0.2) is 4.98 Å². The molecule has 1 aromatic carbocycles. The normalized spacial score (nSPS) is 24.2. The highest BCUT2D eigenvalue weighted by Gasteiger charge is 2.42. The number of methoxy groups -OCH3 is 1. The van der Waals surface area contributed by atoms with E-state index < -0.39 is 0 Å². The largest absolute Gasteiger partial charge is 0.496 e. The Bertz CT molecular complexity index is 1050. The van der Waals surface area contributed by atoms with Crippen LogP contribution in [-0.4, -0.2) is 61.2 Å². The summed E-state index contributed by atoms with van der Waals surface area (Å²) in [5, 5.41) is 9.71. The summed E-state index contributed by atoms with van der Waals surface area (Å²) >= 11 is 0. The molecule has 3 aliphatic heterocycles. The van der Waals surface area contributed by atoms with Crippen molar-refractivity contribution in [2.24, 2.45) is 0 Å². The van der Waals surface area contributed by atoms with E-state index in [2.05, 4.69) is 25.8 Å². The number of anilines is 1. The lowest BCUT2D eigenvalue weighted by molar-refractivity contribution is 0.0919. The predicted octanol–water partition coefficient (Wildman–Crippen LogP) is 2.81. The van der Waals surface area contributed by atoms with Crippen molar-refractivity contribution in [3.63, 3.8) is 0 Å². The van der Waals surface area contributed by atoms with Gasteiger partial charge in [-0.2, -0.15) is 0 Å². The monoisotopic (exact) mass is 477 g/mol. The third-order valence-electron chi connectivity index (χ3n) is 7.77. The number of benzene rings is 1. The molecule has 3 N–H and O–H groups in total. The third-order valence-corrected chi connectivity index (χ3v) is 7.77. The molecule has 3 saturated heterocycles. The number of nitrogens with zero attached hydrogens (tertiary/aromatic N) is 2. The molecule has 1 aromatic heterocycles. The Kier molecular flexibility index (Phi) is 6.90. The van der Waals surface area contributed by atoms with Crippen LogP contribution in [0.4, 0.5) is 5.82 Å². The lowest BCUT2D eigenvalue weighted by atomic mass is 9.96. The van der Waals surface area contributed by atoms with Crippen LogP contribution in [0, 0.1) is 6.92 Å². The molecular weight excluding hydrogens is 442 g/mol. The number of ether oxygens (including phenoxy) is 1. The van der Waals surface area contributed by atoms with Gasteiger partial charge in [0, 0.05) is 41.5 Å². The van der Waals surface area contributed by atoms with Crippen molar-refractivity contribution in [3.8, 4) is 5.75 Å². The van der Waals surface area contributed by atoms with E-state index >= 15 is 0 Å². The van der Waals surface area contributed by atoms with Gasteiger partial charge in [0.05, 0.1) is 12.7 Å². The van der Waals surface area contributed by atoms with Gasteiger partial charge in [0.1, 0.15) is 11.6 Å². The average Bonchev–Trinajstić information content (AvgIpc) is 3.14. The first kappa shape index (κ1) is 23.6. The molecule has 0 spiro atoms. The van der Waals surface area contributed by atoms with Gasteiger partial charge in [-0.1, -0.05) is 6.07 Å². The van der Waals surface area contributed by atoms with E-state index in [0.29, 0.717) is 23.2 Å². The number of fused-ring (bicyclic) bond motifs is 2. The van der Waals surface area contributed by atoms with Crippen LogP contribution < -0.4 is 25.6 Å². The summed E-state index contributed by atoms with van der Waals surface area (Å²) in [7, 11) is 1.62. The van der Waals surface area contributed by atoms with Crippen LogP contribution in [0.3, 0.4) is 0 Å². The summed E-state index contributed by atoms with van der Waals surface area (Å²) in [6, 6.07) is 10.5. The number of nitrogens with one attached hydrogen (secondary N) is 3. The maximum atomic E-state index is 13.0. The lowest BCUT2D eigenvalue weighted by Crippen LogP contribution is -2.50. The molecule has 8 nitrogen and oxygen atoms in total. The minimum atomic E-state index is -0.0480. The molecule has 3 atom stereocenters. The van der Waals surface area contributed by atoms with Crippen LogP contribution in [0.15, 0.2) is 36.5 Å². The second-order valence-electron chi connectivity index (χ2n) is 9.97. The third kappa shape index (κ3) is 4.98. The maximum Gasteiger partial charge on any atom is 0.253 e. The van der Waals surface area contributed by atoms with Gasteiger partial charge >= 0.3 is 0 Å². The highest BCUT2D eigenvalue weighted by molar-refractivity contribution is 5.96. The molecule has 186 valence electrons. The Morgan fingerprint density at radius 3 is 2.34 bits per heavy atom. The van der Waals surface area contributed by atoms with E-state index in [9.17, 15) is 9.59 Å². The van der Waals surface area contributed by atoms with Gasteiger partial charge in [0.25, 0.3) is 11.8 Å². The van der Waals surface area contributed by atoms with Crippen molar-refractivity contribution in [1.82, 2.24) is 20.9 Å².